The van der Waals surface area contributed by atoms with Gasteiger partial charge in [0.25, 0.3) is 10.0 Å². The lowest BCUT2D eigenvalue weighted by Gasteiger charge is -2.33. The van der Waals surface area contributed by atoms with Gasteiger partial charge in [-0.05, 0) is 68.7 Å². The third-order valence-corrected chi connectivity index (χ3v) is 8.63. The minimum Gasteiger partial charge on any atom is -0.352 e. The Labute approximate surface area is 236 Å². The van der Waals surface area contributed by atoms with E-state index in [0.717, 1.165) is 21.9 Å². The van der Waals surface area contributed by atoms with Crippen molar-refractivity contribution < 1.29 is 18.0 Å². The van der Waals surface area contributed by atoms with E-state index in [0.29, 0.717) is 17.1 Å². The fraction of sp³-hybridized carbons (Fsp3) is 0.333. The number of halogens is 1. The lowest BCUT2D eigenvalue weighted by Crippen LogP contribution is -2.53. The Hall–Kier alpha value is -3.36. The summed E-state index contributed by atoms with van der Waals surface area (Å²) in [5, 5.41) is 3.53. The van der Waals surface area contributed by atoms with E-state index in [1.165, 1.54) is 17.0 Å². The molecule has 0 bridgehead atoms. The van der Waals surface area contributed by atoms with Crippen molar-refractivity contribution in [3.8, 4) is 0 Å². The minimum atomic E-state index is -4.08. The Morgan fingerprint density at radius 3 is 2.08 bits per heavy atom. The largest absolute Gasteiger partial charge is 0.352 e. The van der Waals surface area contributed by atoms with Crippen LogP contribution in [-0.4, -0.2) is 43.8 Å². The molecule has 0 aliphatic carbocycles. The first-order valence-corrected chi connectivity index (χ1v) is 14.9. The maximum atomic E-state index is 14.0. The number of carbonyl (C=O) groups is 2. The predicted octanol–water partition coefficient (Wildman–Crippen LogP) is 5.57. The summed E-state index contributed by atoms with van der Waals surface area (Å²) >= 11 is 6.06. The summed E-state index contributed by atoms with van der Waals surface area (Å²) in [5.41, 5.74) is 2.09. The number of nitrogens with zero attached hydrogens (tertiary/aromatic N) is 2. The van der Waals surface area contributed by atoms with Crippen molar-refractivity contribution in [3.63, 3.8) is 0 Å². The average molecular weight is 570 g/mol. The van der Waals surface area contributed by atoms with Gasteiger partial charge in [-0.2, -0.15) is 0 Å². The topological polar surface area (TPSA) is 86.8 Å². The third kappa shape index (κ3) is 7.83. The molecule has 0 saturated carbocycles. The van der Waals surface area contributed by atoms with Gasteiger partial charge in [0.1, 0.15) is 12.6 Å². The third-order valence-electron chi connectivity index (χ3n) is 6.59. The zero-order chi connectivity index (χ0) is 28.6. The van der Waals surface area contributed by atoms with Crippen molar-refractivity contribution in [2.24, 2.45) is 0 Å². The summed E-state index contributed by atoms with van der Waals surface area (Å²) in [5.74, 6) is -0.766. The average Bonchev–Trinajstić information content (AvgIpc) is 2.93. The first-order chi connectivity index (χ1) is 18.6. The Bertz CT molecular complexity index is 1350. The van der Waals surface area contributed by atoms with Crippen LogP contribution >= 0.6 is 11.6 Å². The number of rotatable bonds is 12. The van der Waals surface area contributed by atoms with E-state index < -0.39 is 28.5 Å². The molecule has 39 heavy (non-hydrogen) atoms. The van der Waals surface area contributed by atoms with Crippen LogP contribution in [0, 0.1) is 6.92 Å². The predicted molar refractivity (Wildman–Crippen MR) is 156 cm³/mol. The molecule has 2 amide bonds. The molecule has 0 unspecified atom stereocenters. The number of nitrogens with one attached hydrogen (secondary N) is 1. The van der Waals surface area contributed by atoms with Crippen LogP contribution in [0.1, 0.15) is 44.7 Å². The molecule has 2 atom stereocenters. The zero-order valence-corrected chi connectivity index (χ0v) is 24.4. The molecule has 7 nitrogen and oxygen atoms in total. The van der Waals surface area contributed by atoms with Crippen molar-refractivity contribution >= 4 is 39.1 Å². The quantitative estimate of drug-likeness (QED) is 0.309. The van der Waals surface area contributed by atoms with Crippen LogP contribution in [0.5, 0.6) is 0 Å². The second-order valence-corrected chi connectivity index (χ2v) is 11.8. The summed E-state index contributed by atoms with van der Waals surface area (Å²) in [6.45, 7) is 7.26. The Morgan fingerprint density at radius 1 is 0.897 bits per heavy atom. The van der Waals surface area contributed by atoms with E-state index in [4.69, 9.17) is 11.6 Å². The van der Waals surface area contributed by atoms with Gasteiger partial charge in [-0.25, -0.2) is 8.42 Å². The molecule has 9 heteroatoms. The highest BCUT2D eigenvalue weighted by Crippen LogP contribution is 2.25. The Morgan fingerprint density at radius 2 is 1.51 bits per heavy atom. The monoisotopic (exact) mass is 569 g/mol. The fourth-order valence-electron chi connectivity index (χ4n) is 4.11. The molecular formula is C30H36ClN3O4S. The maximum Gasteiger partial charge on any atom is 0.264 e. The Kier molecular flexibility index (Phi) is 10.5. The van der Waals surface area contributed by atoms with Crippen molar-refractivity contribution in [3.05, 3.63) is 95.0 Å². The van der Waals surface area contributed by atoms with E-state index in [9.17, 15) is 18.0 Å². The van der Waals surface area contributed by atoms with Gasteiger partial charge in [-0.3, -0.25) is 13.9 Å². The van der Waals surface area contributed by atoms with Crippen LogP contribution in [0.4, 0.5) is 5.69 Å². The van der Waals surface area contributed by atoms with Crippen LogP contribution in [-0.2, 0) is 26.2 Å². The standard InChI is InChI=1S/C30H36ClN3O4S/c1-5-23(4)32-30(36)28(6-2)33(20-24-14-16-25(31)17-15-24)29(35)21-34(26-18-12-22(3)13-19-26)39(37,38)27-10-8-7-9-11-27/h7-19,23,28H,5-6,20-21H2,1-4H3,(H,32,36)/t23-,28-/m0/s1. The Balaban J connectivity index is 2.03. The van der Waals surface area contributed by atoms with Gasteiger partial charge >= 0.3 is 0 Å². The molecule has 0 aromatic heterocycles. The molecule has 0 fully saturated rings. The van der Waals surface area contributed by atoms with Gasteiger partial charge in [0.15, 0.2) is 0 Å². The van der Waals surface area contributed by atoms with Gasteiger partial charge < -0.3 is 10.2 Å². The normalized spacial score (nSPS) is 12.8. The van der Waals surface area contributed by atoms with E-state index in [2.05, 4.69) is 5.32 Å². The lowest BCUT2D eigenvalue weighted by molar-refractivity contribution is -0.140. The van der Waals surface area contributed by atoms with Gasteiger partial charge in [0.05, 0.1) is 10.6 Å². The minimum absolute atomic E-state index is 0.0680. The highest BCUT2D eigenvalue weighted by atomic mass is 35.5. The number of benzene rings is 3. The van der Waals surface area contributed by atoms with Crippen molar-refractivity contribution in [2.75, 3.05) is 10.8 Å². The van der Waals surface area contributed by atoms with Crippen LogP contribution in [0.15, 0.2) is 83.8 Å². The van der Waals surface area contributed by atoms with Gasteiger partial charge in [0.2, 0.25) is 11.8 Å². The molecule has 0 saturated heterocycles. The first kappa shape index (κ1) is 30.2. The summed E-state index contributed by atoms with van der Waals surface area (Å²) < 4.78 is 28.7. The highest BCUT2D eigenvalue weighted by molar-refractivity contribution is 7.92. The summed E-state index contributed by atoms with van der Waals surface area (Å²) in [6.07, 6.45) is 1.10. The molecule has 3 rings (SSSR count). The molecule has 208 valence electrons. The molecule has 3 aromatic carbocycles. The SMILES string of the molecule is CC[C@H](C)NC(=O)[C@H](CC)N(Cc1ccc(Cl)cc1)C(=O)CN(c1ccc(C)cc1)S(=O)(=O)c1ccccc1. The molecule has 0 aliphatic heterocycles. The number of amides is 2. The van der Waals surface area contributed by atoms with Gasteiger partial charge in [-0.15, -0.1) is 0 Å². The van der Waals surface area contributed by atoms with Crippen LogP contribution in [0.3, 0.4) is 0 Å². The number of sulfonamides is 1. The van der Waals surface area contributed by atoms with Crippen LogP contribution in [0.25, 0.3) is 0 Å². The van der Waals surface area contributed by atoms with Crippen molar-refractivity contribution in [2.45, 2.75) is 64.1 Å². The molecule has 1 N–H and O–H groups in total. The van der Waals surface area contributed by atoms with E-state index in [-0.39, 0.29) is 23.4 Å². The maximum absolute atomic E-state index is 14.0. The van der Waals surface area contributed by atoms with Gasteiger partial charge in [0, 0.05) is 17.6 Å². The van der Waals surface area contributed by atoms with E-state index in [1.807, 2.05) is 27.7 Å². The zero-order valence-electron chi connectivity index (χ0n) is 22.8. The second kappa shape index (κ2) is 13.6. The van der Waals surface area contributed by atoms with Crippen molar-refractivity contribution in [1.82, 2.24) is 10.2 Å². The molecular weight excluding hydrogens is 534 g/mol. The van der Waals surface area contributed by atoms with Crippen LogP contribution < -0.4 is 9.62 Å². The van der Waals surface area contributed by atoms with E-state index in [1.54, 1.807) is 66.7 Å². The second-order valence-electron chi connectivity index (χ2n) is 9.55. The summed E-state index contributed by atoms with van der Waals surface area (Å²) in [6, 6.07) is 21.1. The molecule has 0 radical (unpaired) electrons. The fourth-order valence-corrected chi connectivity index (χ4v) is 5.67. The molecule has 0 spiro atoms. The smallest absolute Gasteiger partial charge is 0.264 e. The highest BCUT2D eigenvalue weighted by Gasteiger charge is 2.33. The first-order valence-electron chi connectivity index (χ1n) is 13.1. The number of aryl methyl sites for hydroxylation is 1. The number of hydrogen-bond acceptors (Lipinski definition) is 4. The molecule has 0 aliphatic rings. The number of hydrogen-bond donors (Lipinski definition) is 1. The summed E-state index contributed by atoms with van der Waals surface area (Å²) in [7, 11) is -4.08. The van der Waals surface area contributed by atoms with Gasteiger partial charge in [-0.1, -0.05) is 73.5 Å². The van der Waals surface area contributed by atoms with E-state index >= 15 is 0 Å². The van der Waals surface area contributed by atoms with Crippen molar-refractivity contribution in [1.29, 1.82) is 0 Å². The van der Waals surface area contributed by atoms with Crippen LogP contribution in [0.2, 0.25) is 5.02 Å². The molecule has 0 heterocycles. The number of anilines is 1. The lowest BCUT2D eigenvalue weighted by atomic mass is 10.1. The summed E-state index contributed by atoms with van der Waals surface area (Å²) in [4.78, 5) is 28.8. The molecule has 3 aromatic rings. The number of carbonyl (C=O) groups excluding carboxylic acids is 2.